The standard InChI is InChI=1S/C16H17NO2/c1-18-16-10-6-5-9-14(16)15(17)12-19-11-13-7-3-2-4-8-13/h2-10,17H,11-12H2,1H3. The molecule has 3 heteroatoms. The SMILES string of the molecule is COc1ccccc1C(=N)COCc1ccccc1. The molecule has 0 atom stereocenters. The molecule has 0 aliphatic heterocycles. The van der Waals surface area contributed by atoms with Crippen LogP contribution in [0.2, 0.25) is 0 Å². The fourth-order valence-electron chi connectivity index (χ4n) is 1.82. The Morgan fingerprint density at radius 2 is 1.68 bits per heavy atom. The number of para-hydroxylation sites is 1. The zero-order valence-electron chi connectivity index (χ0n) is 10.9. The maximum atomic E-state index is 8.03. The smallest absolute Gasteiger partial charge is 0.127 e. The second kappa shape index (κ2) is 6.71. The molecule has 0 heterocycles. The highest BCUT2D eigenvalue weighted by Crippen LogP contribution is 2.17. The fraction of sp³-hybridized carbons (Fsp3) is 0.188. The first kappa shape index (κ1) is 13.3. The minimum Gasteiger partial charge on any atom is -0.496 e. The summed E-state index contributed by atoms with van der Waals surface area (Å²) < 4.78 is 10.8. The third-order valence-corrected chi connectivity index (χ3v) is 2.79. The van der Waals surface area contributed by atoms with Gasteiger partial charge in [0.25, 0.3) is 0 Å². The zero-order chi connectivity index (χ0) is 13.5. The van der Waals surface area contributed by atoms with Crippen molar-refractivity contribution in [2.75, 3.05) is 13.7 Å². The van der Waals surface area contributed by atoms with Crippen LogP contribution in [0.4, 0.5) is 0 Å². The van der Waals surface area contributed by atoms with E-state index in [2.05, 4.69) is 0 Å². The summed E-state index contributed by atoms with van der Waals surface area (Å²) in [7, 11) is 1.61. The van der Waals surface area contributed by atoms with E-state index in [1.165, 1.54) is 0 Å². The van der Waals surface area contributed by atoms with Crippen LogP contribution in [-0.2, 0) is 11.3 Å². The summed E-state index contributed by atoms with van der Waals surface area (Å²) in [5.41, 5.74) is 2.31. The lowest BCUT2D eigenvalue weighted by Crippen LogP contribution is -2.10. The van der Waals surface area contributed by atoms with Crippen molar-refractivity contribution in [1.29, 1.82) is 5.41 Å². The average molecular weight is 255 g/mol. The molecule has 0 radical (unpaired) electrons. The van der Waals surface area contributed by atoms with Crippen LogP contribution in [0.1, 0.15) is 11.1 Å². The van der Waals surface area contributed by atoms with Gasteiger partial charge in [0.15, 0.2) is 0 Å². The van der Waals surface area contributed by atoms with Crippen molar-refractivity contribution < 1.29 is 9.47 Å². The first-order valence-electron chi connectivity index (χ1n) is 6.13. The van der Waals surface area contributed by atoms with E-state index in [0.717, 1.165) is 11.1 Å². The van der Waals surface area contributed by atoms with E-state index >= 15 is 0 Å². The highest BCUT2D eigenvalue weighted by Gasteiger charge is 2.07. The molecule has 2 aromatic carbocycles. The molecule has 0 spiro atoms. The van der Waals surface area contributed by atoms with E-state index < -0.39 is 0 Å². The molecule has 19 heavy (non-hydrogen) atoms. The van der Waals surface area contributed by atoms with E-state index in [1.54, 1.807) is 7.11 Å². The van der Waals surface area contributed by atoms with Crippen LogP contribution in [-0.4, -0.2) is 19.4 Å². The molecule has 0 aliphatic carbocycles. The summed E-state index contributed by atoms with van der Waals surface area (Å²) in [6, 6.07) is 17.4. The molecule has 2 aromatic rings. The molecule has 0 fully saturated rings. The Labute approximate surface area is 113 Å². The Kier molecular flexibility index (Phi) is 4.70. The minimum absolute atomic E-state index is 0.273. The molecule has 1 N–H and O–H groups in total. The summed E-state index contributed by atoms with van der Waals surface area (Å²) in [6.07, 6.45) is 0. The van der Waals surface area contributed by atoms with Crippen LogP contribution < -0.4 is 4.74 Å². The molecular weight excluding hydrogens is 238 g/mol. The Balaban J connectivity index is 1.91. The highest BCUT2D eigenvalue weighted by atomic mass is 16.5. The second-order valence-corrected chi connectivity index (χ2v) is 4.16. The molecule has 0 aromatic heterocycles. The number of hydrogen-bond acceptors (Lipinski definition) is 3. The van der Waals surface area contributed by atoms with Gasteiger partial charge in [-0.05, 0) is 17.7 Å². The van der Waals surface area contributed by atoms with Crippen molar-refractivity contribution in [2.45, 2.75) is 6.61 Å². The number of benzene rings is 2. The summed E-state index contributed by atoms with van der Waals surface area (Å²) in [6.45, 7) is 0.785. The number of nitrogens with one attached hydrogen (secondary N) is 1. The van der Waals surface area contributed by atoms with Crippen molar-refractivity contribution in [2.24, 2.45) is 0 Å². The van der Waals surface area contributed by atoms with Gasteiger partial charge in [0.2, 0.25) is 0 Å². The monoisotopic (exact) mass is 255 g/mol. The van der Waals surface area contributed by atoms with Crippen molar-refractivity contribution in [3.63, 3.8) is 0 Å². The van der Waals surface area contributed by atoms with Crippen LogP contribution >= 0.6 is 0 Å². The molecule has 0 saturated heterocycles. The van der Waals surface area contributed by atoms with Crippen LogP contribution in [0.5, 0.6) is 5.75 Å². The van der Waals surface area contributed by atoms with Gasteiger partial charge in [0, 0.05) is 5.56 Å². The molecule has 0 saturated carbocycles. The average Bonchev–Trinajstić information content (AvgIpc) is 2.48. The lowest BCUT2D eigenvalue weighted by molar-refractivity contribution is 0.158. The summed E-state index contributed by atoms with van der Waals surface area (Å²) in [4.78, 5) is 0. The normalized spacial score (nSPS) is 10.2. The maximum absolute atomic E-state index is 8.03. The van der Waals surface area contributed by atoms with E-state index in [1.807, 2.05) is 54.6 Å². The van der Waals surface area contributed by atoms with Crippen molar-refractivity contribution in [3.05, 3.63) is 65.7 Å². The molecule has 0 aliphatic rings. The molecule has 2 rings (SSSR count). The number of methoxy groups -OCH3 is 1. The van der Waals surface area contributed by atoms with E-state index in [9.17, 15) is 0 Å². The van der Waals surface area contributed by atoms with Crippen LogP contribution in [0.3, 0.4) is 0 Å². The third kappa shape index (κ3) is 3.66. The van der Waals surface area contributed by atoms with Gasteiger partial charge in [0.05, 0.1) is 26.0 Å². The van der Waals surface area contributed by atoms with Crippen LogP contribution in [0.25, 0.3) is 0 Å². The molecular formula is C16H17NO2. The van der Waals surface area contributed by atoms with Gasteiger partial charge >= 0.3 is 0 Å². The fourth-order valence-corrected chi connectivity index (χ4v) is 1.82. The Morgan fingerprint density at radius 3 is 2.42 bits per heavy atom. The van der Waals surface area contributed by atoms with Crippen molar-refractivity contribution in [1.82, 2.24) is 0 Å². The predicted molar refractivity (Wildman–Crippen MR) is 75.9 cm³/mol. The van der Waals surface area contributed by atoms with E-state index in [-0.39, 0.29) is 6.61 Å². The van der Waals surface area contributed by atoms with Gasteiger partial charge in [0.1, 0.15) is 5.75 Å². The lowest BCUT2D eigenvalue weighted by atomic mass is 10.1. The van der Waals surface area contributed by atoms with Crippen LogP contribution in [0, 0.1) is 5.41 Å². The molecule has 0 bridgehead atoms. The summed E-state index contributed by atoms with van der Waals surface area (Å²) in [5, 5.41) is 8.03. The minimum atomic E-state index is 0.273. The quantitative estimate of drug-likeness (QED) is 0.805. The third-order valence-electron chi connectivity index (χ3n) is 2.79. The zero-order valence-corrected chi connectivity index (χ0v) is 10.9. The van der Waals surface area contributed by atoms with Gasteiger partial charge in [-0.1, -0.05) is 42.5 Å². The number of rotatable bonds is 6. The first-order valence-corrected chi connectivity index (χ1v) is 6.13. The Bertz CT molecular complexity index is 537. The second-order valence-electron chi connectivity index (χ2n) is 4.16. The number of ether oxygens (including phenoxy) is 2. The summed E-state index contributed by atoms with van der Waals surface area (Å²) >= 11 is 0. The maximum Gasteiger partial charge on any atom is 0.127 e. The van der Waals surface area contributed by atoms with Gasteiger partial charge in [-0.3, -0.25) is 0 Å². The topological polar surface area (TPSA) is 42.3 Å². The lowest BCUT2D eigenvalue weighted by Gasteiger charge is -2.10. The van der Waals surface area contributed by atoms with E-state index in [4.69, 9.17) is 14.9 Å². The molecule has 0 amide bonds. The predicted octanol–water partition coefficient (Wildman–Crippen LogP) is 3.28. The van der Waals surface area contributed by atoms with E-state index in [0.29, 0.717) is 18.1 Å². The van der Waals surface area contributed by atoms with Crippen molar-refractivity contribution in [3.8, 4) is 5.75 Å². The molecule has 3 nitrogen and oxygen atoms in total. The van der Waals surface area contributed by atoms with Gasteiger partial charge < -0.3 is 14.9 Å². The molecule has 0 unspecified atom stereocenters. The Hall–Kier alpha value is -2.13. The van der Waals surface area contributed by atoms with Gasteiger partial charge in [-0.15, -0.1) is 0 Å². The largest absolute Gasteiger partial charge is 0.496 e. The number of hydrogen-bond donors (Lipinski definition) is 1. The molecule has 98 valence electrons. The van der Waals surface area contributed by atoms with Gasteiger partial charge in [-0.2, -0.15) is 0 Å². The first-order chi connectivity index (χ1) is 9.31. The highest BCUT2D eigenvalue weighted by molar-refractivity contribution is 6.01. The summed E-state index contributed by atoms with van der Waals surface area (Å²) in [5.74, 6) is 0.704. The Morgan fingerprint density at radius 1 is 1.00 bits per heavy atom. The van der Waals surface area contributed by atoms with Crippen LogP contribution in [0.15, 0.2) is 54.6 Å². The van der Waals surface area contributed by atoms with Gasteiger partial charge in [-0.25, -0.2) is 0 Å². The van der Waals surface area contributed by atoms with Crippen molar-refractivity contribution >= 4 is 5.71 Å².